The second-order valence-electron chi connectivity index (χ2n) is 3.31. The summed E-state index contributed by atoms with van der Waals surface area (Å²) in [6, 6.07) is 13.9. The van der Waals surface area contributed by atoms with E-state index in [9.17, 15) is 0 Å². The van der Waals surface area contributed by atoms with Crippen LogP contribution in [0.4, 0.5) is 5.82 Å². The van der Waals surface area contributed by atoms with Crippen molar-refractivity contribution < 1.29 is 0 Å². The fourth-order valence-corrected chi connectivity index (χ4v) is 1.29. The van der Waals surface area contributed by atoms with Crippen molar-refractivity contribution in [1.82, 2.24) is 4.98 Å². The monoisotopic (exact) mass is 196 g/mol. The molecule has 0 bridgehead atoms. The van der Waals surface area contributed by atoms with Gasteiger partial charge < -0.3 is 0 Å². The van der Waals surface area contributed by atoms with E-state index in [4.69, 9.17) is 0 Å². The third-order valence-electron chi connectivity index (χ3n) is 2.12. The van der Waals surface area contributed by atoms with Crippen LogP contribution in [-0.4, -0.2) is 11.2 Å². The summed E-state index contributed by atoms with van der Waals surface area (Å²) in [4.78, 5) is 8.54. The minimum absolute atomic E-state index is 0.779. The molecule has 1 heterocycles. The molecule has 0 radical (unpaired) electrons. The number of aromatic nitrogens is 1. The van der Waals surface area contributed by atoms with E-state index in [1.165, 1.54) is 0 Å². The average Bonchev–Trinajstić information content (AvgIpc) is 2.29. The average molecular weight is 196 g/mol. The zero-order chi connectivity index (χ0) is 10.5. The van der Waals surface area contributed by atoms with Gasteiger partial charge in [0, 0.05) is 12.4 Å². The van der Waals surface area contributed by atoms with Crippen LogP contribution < -0.4 is 0 Å². The molecule has 0 aliphatic carbocycles. The van der Waals surface area contributed by atoms with Crippen LogP contribution in [0.15, 0.2) is 53.7 Å². The largest absolute Gasteiger partial charge is 0.237 e. The number of pyridine rings is 1. The fourth-order valence-electron chi connectivity index (χ4n) is 1.29. The van der Waals surface area contributed by atoms with Gasteiger partial charge in [-0.15, -0.1) is 0 Å². The molecule has 1 aromatic heterocycles. The first kappa shape index (κ1) is 9.59. The van der Waals surface area contributed by atoms with E-state index in [0.717, 1.165) is 16.9 Å². The predicted octanol–water partition coefficient (Wildman–Crippen LogP) is 3.14. The third-order valence-corrected chi connectivity index (χ3v) is 2.12. The SMILES string of the molecule is Cc1cccnc1N=Cc1ccccc1. The van der Waals surface area contributed by atoms with E-state index in [1.54, 1.807) is 6.20 Å². The fraction of sp³-hybridized carbons (Fsp3) is 0.0769. The lowest BCUT2D eigenvalue weighted by Gasteiger charge is -1.96. The molecule has 0 spiro atoms. The van der Waals surface area contributed by atoms with Crippen molar-refractivity contribution in [1.29, 1.82) is 0 Å². The van der Waals surface area contributed by atoms with E-state index in [-0.39, 0.29) is 0 Å². The maximum absolute atomic E-state index is 4.34. The minimum Gasteiger partial charge on any atom is -0.237 e. The molecule has 2 heteroatoms. The lowest BCUT2D eigenvalue weighted by atomic mass is 10.2. The van der Waals surface area contributed by atoms with Crippen molar-refractivity contribution in [2.45, 2.75) is 6.92 Å². The molecule has 0 atom stereocenters. The molecule has 15 heavy (non-hydrogen) atoms. The summed E-state index contributed by atoms with van der Waals surface area (Å²) in [7, 11) is 0. The zero-order valence-corrected chi connectivity index (χ0v) is 8.59. The van der Waals surface area contributed by atoms with Crippen molar-refractivity contribution in [3.05, 3.63) is 59.8 Å². The van der Waals surface area contributed by atoms with Crippen molar-refractivity contribution in [3.8, 4) is 0 Å². The molecule has 2 aromatic rings. The van der Waals surface area contributed by atoms with Gasteiger partial charge in [0.05, 0.1) is 0 Å². The van der Waals surface area contributed by atoms with Gasteiger partial charge in [0.15, 0.2) is 5.82 Å². The summed E-state index contributed by atoms with van der Waals surface area (Å²) in [6.07, 6.45) is 3.58. The molecule has 74 valence electrons. The summed E-state index contributed by atoms with van der Waals surface area (Å²) in [6.45, 7) is 2.00. The Kier molecular flexibility index (Phi) is 2.88. The van der Waals surface area contributed by atoms with Crippen molar-refractivity contribution in [3.63, 3.8) is 0 Å². The van der Waals surface area contributed by atoms with Gasteiger partial charge in [0.1, 0.15) is 0 Å². The quantitative estimate of drug-likeness (QED) is 0.677. The van der Waals surface area contributed by atoms with Crippen LogP contribution in [0.1, 0.15) is 11.1 Å². The van der Waals surface area contributed by atoms with Gasteiger partial charge in [-0.1, -0.05) is 36.4 Å². The smallest absolute Gasteiger partial charge is 0.154 e. The zero-order valence-electron chi connectivity index (χ0n) is 8.59. The summed E-state index contributed by atoms with van der Waals surface area (Å²) in [5, 5.41) is 0. The standard InChI is InChI=1S/C13H12N2/c1-11-6-5-9-14-13(11)15-10-12-7-3-2-4-8-12/h2-10H,1H3. The molecule has 2 nitrogen and oxygen atoms in total. The maximum atomic E-state index is 4.34. The van der Waals surface area contributed by atoms with Gasteiger partial charge in [-0.2, -0.15) is 0 Å². The summed E-state index contributed by atoms with van der Waals surface area (Å²) >= 11 is 0. The minimum atomic E-state index is 0.779. The van der Waals surface area contributed by atoms with Gasteiger partial charge in [-0.05, 0) is 24.1 Å². The van der Waals surface area contributed by atoms with Gasteiger partial charge in [0.25, 0.3) is 0 Å². The second-order valence-corrected chi connectivity index (χ2v) is 3.31. The molecule has 0 saturated carbocycles. The Labute approximate surface area is 89.3 Å². The Bertz CT molecular complexity index is 461. The normalized spacial score (nSPS) is 10.7. The van der Waals surface area contributed by atoms with Crippen LogP contribution in [0.25, 0.3) is 0 Å². The number of hydrogen-bond donors (Lipinski definition) is 0. The van der Waals surface area contributed by atoms with Gasteiger partial charge in [-0.3, -0.25) is 0 Å². The molecule has 0 aliphatic heterocycles. The molecule has 0 aliphatic rings. The second kappa shape index (κ2) is 4.51. The molecule has 0 fully saturated rings. The topological polar surface area (TPSA) is 25.2 Å². The third kappa shape index (κ3) is 2.50. The van der Waals surface area contributed by atoms with Crippen LogP contribution >= 0.6 is 0 Å². The maximum Gasteiger partial charge on any atom is 0.154 e. The van der Waals surface area contributed by atoms with Crippen LogP contribution in [0, 0.1) is 6.92 Å². The molecule has 0 saturated heterocycles. The first-order valence-corrected chi connectivity index (χ1v) is 4.87. The Morgan fingerprint density at radius 3 is 2.60 bits per heavy atom. The molecule has 2 rings (SSSR count). The molecule has 1 aromatic carbocycles. The summed E-state index contributed by atoms with van der Waals surface area (Å²) < 4.78 is 0. The van der Waals surface area contributed by atoms with E-state index in [0.29, 0.717) is 0 Å². The number of benzene rings is 1. The van der Waals surface area contributed by atoms with E-state index in [2.05, 4.69) is 9.98 Å². The molecular formula is C13H12N2. The Morgan fingerprint density at radius 2 is 1.87 bits per heavy atom. The number of aryl methyl sites for hydroxylation is 1. The lowest BCUT2D eigenvalue weighted by molar-refractivity contribution is 1.23. The van der Waals surface area contributed by atoms with E-state index in [1.807, 2.05) is 55.6 Å². The van der Waals surface area contributed by atoms with Crippen LogP contribution in [-0.2, 0) is 0 Å². The van der Waals surface area contributed by atoms with Crippen molar-refractivity contribution in [2.24, 2.45) is 4.99 Å². The summed E-state index contributed by atoms with van der Waals surface area (Å²) in [5.41, 5.74) is 2.17. The lowest BCUT2D eigenvalue weighted by Crippen LogP contribution is -1.82. The van der Waals surface area contributed by atoms with E-state index < -0.39 is 0 Å². The Morgan fingerprint density at radius 1 is 1.07 bits per heavy atom. The molecule has 0 N–H and O–H groups in total. The number of aliphatic imine (C=N–C) groups is 1. The van der Waals surface area contributed by atoms with Gasteiger partial charge in [0.2, 0.25) is 0 Å². The van der Waals surface area contributed by atoms with Crippen LogP contribution in [0.2, 0.25) is 0 Å². The highest BCUT2D eigenvalue weighted by molar-refractivity contribution is 5.81. The highest BCUT2D eigenvalue weighted by atomic mass is 14.9. The van der Waals surface area contributed by atoms with Crippen LogP contribution in [0.5, 0.6) is 0 Å². The van der Waals surface area contributed by atoms with Crippen molar-refractivity contribution >= 4 is 12.0 Å². The Hall–Kier alpha value is -1.96. The van der Waals surface area contributed by atoms with Gasteiger partial charge in [-0.25, -0.2) is 9.98 Å². The van der Waals surface area contributed by atoms with Gasteiger partial charge >= 0.3 is 0 Å². The highest BCUT2D eigenvalue weighted by Crippen LogP contribution is 2.12. The number of nitrogens with zero attached hydrogens (tertiary/aromatic N) is 2. The predicted molar refractivity (Wildman–Crippen MR) is 62.7 cm³/mol. The first-order valence-electron chi connectivity index (χ1n) is 4.87. The molecular weight excluding hydrogens is 184 g/mol. The summed E-state index contributed by atoms with van der Waals surface area (Å²) in [5.74, 6) is 0.779. The number of hydrogen-bond acceptors (Lipinski definition) is 2. The molecule has 0 amide bonds. The first-order chi connectivity index (χ1) is 7.36. The van der Waals surface area contributed by atoms with Crippen LogP contribution in [0.3, 0.4) is 0 Å². The Balaban J connectivity index is 2.23. The molecule has 0 unspecified atom stereocenters. The van der Waals surface area contributed by atoms with E-state index >= 15 is 0 Å². The van der Waals surface area contributed by atoms with Crippen molar-refractivity contribution in [2.75, 3.05) is 0 Å². The highest BCUT2D eigenvalue weighted by Gasteiger charge is 1.93. The number of rotatable bonds is 2.